The van der Waals surface area contributed by atoms with Gasteiger partial charge in [0.2, 0.25) is 12.7 Å². The third-order valence-corrected chi connectivity index (χ3v) is 5.75. The summed E-state index contributed by atoms with van der Waals surface area (Å²) >= 11 is 0. The van der Waals surface area contributed by atoms with E-state index in [1.807, 2.05) is 18.2 Å². The Balaban J connectivity index is 1.38. The molecule has 26 heavy (non-hydrogen) atoms. The fourth-order valence-electron chi connectivity index (χ4n) is 4.07. The van der Waals surface area contributed by atoms with Crippen molar-refractivity contribution in [3.05, 3.63) is 23.8 Å². The molecule has 7 nitrogen and oxygen atoms in total. The van der Waals surface area contributed by atoms with Crippen LogP contribution in [0.1, 0.15) is 38.2 Å². The number of likely N-dealkylation sites (tertiary alicyclic amines) is 1. The van der Waals surface area contributed by atoms with Gasteiger partial charge in [-0.1, -0.05) is 19.9 Å². The predicted octanol–water partition coefficient (Wildman–Crippen LogP) is 0.983. The van der Waals surface area contributed by atoms with Gasteiger partial charge >= 0.3 is 0 Å². The third kappa shape index (κ3) is 3.26. The van der Waals surface area contributed by atoms with Crippen molar-refractivity contribution in [3.8, 4) is 11.5 Å². The average Bonchev–Trinajstić information content (AvgIpc) is 3.29. The van der Waals surface area contributed by atoms with Crippen LogP contribution in [-0.2, 0) is 4.79 Å². The highest BCUT2D eigenvalue weighted by atomic mass is 16.7. The highest BCUT2D eigenvalue weighted by molar-refractivity contribution is 5.82. The van der Waals surface area contributed by atoms with E-state index in [-0.39, 0.29) is 24.7 Å². The lowest BCUT2D eigenvalue weighted by molar-refractivity contribution is -0.136. The number of aliphatic hydroxyl groups is 1. The van der Waals surface area contributed by atoms with Gasteiger partial charge < -0.3 is 19.5 Å². The molecule has 3 aliphatic rings. The quantitative estimate of drug-likeness (QED) is 0.745. The van der Waals surface area contributed by atoms with Gasteiger partial charge in [0.15, 0.2) is 11.5 Å². The number of fused-ring (bicyclic) bond motifs is 1. The van der Waals surface area contributed by atoms with E-state index in [2.05, 4.69) is 24.7 Å². The maximum atomic E-state index is 12.8. The summed E-state index contributed by atoms with van der Waals surface area (Å²) < 4.78 is 10.8. The van der Waals surface area contributed by atoms with E-state index >= 15 is 0 Å². The number of hydrogen-bond acceptors (Lipinski definition) is 6. The molecule has 1 aromatic carbocycles. The number of piperidine rings is 1. The molecule has 1 amide bonds. The van der Waals surface area contributed by atoms with Gasteiger partial charge in [0.1, 0.15) is 6.04 Å². The molecule has 142 valence electrons. The molecule has 0 spiro atoms. The molecule has 2 fully saturated rings. The Morgan fingerprint density at radius 2 is 2.08 bits per heavy atom. The first-order valence-electron chi connectivity index (χ1n) is 9.40. The first-order valence-corrected chi connectivity index (χ1v) is 9.40. The van der Waals surface area contributed by atoms with Crippen molar-refractivity contribution in [3.63, 3.8) is 0 Å². The molecule has 3 N–H and O–H groups in total. The summed E-state index contributed by atoms with van der Waals surface area (Å²) in [6.07, 6.45) is 0.943. The fraction of sp³-hybridized carbons (Fsp3) is 0.632. The zero-order chi connectivity index (χ0) is 18.3. The number of rotatable bonds is 3. The topological polar surface area (TPSA) is 83.1 Å². The van der Waals surface area contributed by atoms with Crippen LogP contribution < -0.4 is 20.3 Å². The van der Waals surface area contributed by atoms with Crippen molar-refractivity contribution in [2.24, 2.45) is 5.92 Å². The van der Waals surface area contributed by atoms with Gasteiger partial charge in [0.05, 0.1) is 6.10 Å². The second-order valence-corrected chi connectivity index (χ2v) is 7.79. The SMILES string of the molecule is CC(C)C1CC(C(=O)N2CC[C@@H](c3ccc4c(c3)OCO4)[C@H](O)C2)NN1. The second-order valence-electron chi connectivity index (χ2n) is 7.79. The van der Waals surface area contributed by atoms with E-state index < -0.39 is 6.10 Å². The standard InChI is InChI=1S/C19H27N3O4/c1-11(2)14-8-15(21-20-14)19(24)22-6-5-13(16(23)9-22)12-3-4-17-18(7-12)26-10-25-17/h3-4,7,11,13-16,20-21,23H,5-6,8-10H2,1-2H3/t13-,14?,15?,16+/m0/s1. The van der Waals surface area contributed by atoms with Gasteiger partial charge in [-0.15, -0.1) is 0 Å². The number of nitrogens with zero attached hydrogens (tertiary/aromatic N) is 1. The van der Waals surface area contributed by atoms with E-state index in [4.69, 9.17) is 9.47 Å². The smallest absolute Gasteiger partial charge is 0.241 e. The minimum absolute atomic E-state index is 0.00613. The van der Waals surface area contributed by atoms with E-state index in [1.165, 1.54) is 0 Å². The largest absolute Gasteiger partial charge is 0.454 e. The highest BCUT2D eigenvalue weighted by Gasteiger charge is 2.37. The van der Waals surface area contributed by atoms with Crippen LogP contribution in [0.2, 0.25) is 0 Å². The Morgan fingerprint density at radius 3 is 2.81 bits per heavy atom. The number of carbonyl (C=O) groups excluding carboxylic acids is 1. The molecular formula is C19H27N3O4. The van der Waals surface area contributed by atoms with Crippen LogP contribution in [0.25, 0.3) is 0 Å². The van der Waals surface area contributed by atoms with Crippen molar-refractivity contribution in [2.45, 2.75) is 50.8 Å². The number of β-amino-alcohol motifs (C(OH)–C–C–N with tert-alkyl or cyclic N) is 1. The van der Waals surface area contributed by atoms with Crippen LogP contribution in [0, 0.1) is 5.92 Å². The lowest BCUT2D eigenvalue weighted by Crippen LogP contribution is -2.52. The molecular weight excluding hydrogens is 334 g/mol. The van der Waals surface area contributed by atoms with Gasteiger partial charge in [-0.3, -0.25) is 10.2 Å². The van der Waals surface area contributed by atoms with Gasteiger partial charge in [-0.05, 0) is 36.5 Å². The van der Waals surface area contributed by atoms with Crippen molar-refractivity contribution in [1.29, 1.82) is 0 Å². The number of carbonyl (C=O) groups is 1. The van der Waals surface area contributed by atoms with Crippen LogP contribution in [0.4, 0.5) is 0 Å². The number of aliphatic hydroxyl groups excluding tert-OH is 1. The monoisotopic (exact) mass is 361 g/mol. The molecule has 0 radical (unpaired) electrons. The molecule has 3 heterocycles. The summed E-state index contributed by atoms with van der Waals surface area (Å²) in [7, 11) is 0. The van der Waals surface area contributed by atoms with Crippen LogP contribution >= 0.6 is 0 Å². The predicted molar refractivity (Wildman–Crippen MR) is 95.8 cm³/mol. The molecule has 3 aliphatic heterocycles. The average molecular weight is 361 g/mol. The van der Waals surface area contributed by atoms with E-state index in [9.17, 15) is 9.90 Å². The van der Waals surface area contributed by atoms with E-state index in [1.54, 1.807) is 4.90 Å². The zero-order valence-corrected chi connectivity index (χ0v) is 15.3. The van der Waals surface area contributed by atoms with E-state index in [0.717, 1.165) is 29.9 Å². The third-order valence-electron chi connectivity index (χ3n) is 5.75. The van der Waals surface area contributed by atoms with Crippen molar-refractivity contribution >= 4 is 5.91 Å². The van der Waals surface area contributed by atoms with Crippen molar-refractivity contribution < 1.29 is 19.4 Å². The van der Waals surface area contributed by atoms with E-state index in [0.29, 0.717) is 25.0 Å². The molecule has 0 bridgehead atoms. The first kappa shape index (κ1) is 17.6. The fourth-order valence-corrected chi connectivity index (χ4v) is 4.07. The second kappa shape index (κ2) is 7.06. The molecule has 0 saturated carbocycles. The van der Waals surface area contributed by atoms with Gasteiger partial charge in [-0.2, -0.15) is 0 Å². The summed E-state index contributed by atoms with van der Waals surface area (Å²) in [6.45, 7) is 5.55. The lowest BCUT2D eigenvalue weighted by atomic mass is 9.86. The zero-order valence-electron chi connectivity index (χ0n) is 15.3. The summed E-state index contributed by atoms with van der Waals surface area (Å²) in [4.78, 5) is 14.6. The number of ether oxygens (including phenoxy) is 2. The van der Waals surface area contributed by atoms with Crippen LogP contribution in [0.15, 0.2) is 18.2 Å². The Morgan fingerprint density at radius 1 is 1.27 bits per heavy atom. The minimum Gasteiger partial charge on any atom is -0.454 e. The van der Waals surface area contributed by atoms with Crippen molar-refractivity contribution in [1.82, 2.24) is 15.8 Å². The van der Waals surface area contributed by atoms with Gasteiger partial charge in [0, 0.05) is 25.0 Å². The van der Waals surface area contributed by atoms with Crippen LogP contribution in [0.5, 0.6) is 11.5 Å². The first-order chi connectivity index (χ1) is 12.5. The summed E-state index contributed by atoms with van der Waals surface area (Å²) in [6, 6.07) is 5.91. The Hall–Kier alpha value is -1.83. The number of nitrogens with one attached hydrogen (secondary N) is 2. The van der Waals surface area contributed by atoms with Gasteiger partial charge in [-0.25, -0.2) is 5.43 Å². The Labute approximate surface area is 153 Å². The molecule has 1 aromatic rings. The number of benzene rings is 1. The molecule has 0 aliphatic carbocycles. The molecule has 2 saturated heterocycles. The maximum Gasteiger partial charge on any atom is 0.241 e. The lowest BCUT2D eigenvalue weighted by Gasteiger charge is -2.37. The summed E-state index contributed by atoms with van der Waals surface area (Å²) in [5.41, 5.74) is 7.36. The summed E-state index contributed by atoms with van der Waals surface area (Å²) in [5, 5.41) is 10.7. The minimum atomic E-state index is -0.580. The highest BCUT2D eigenvalue weighted by Crippen LogP contribution is 2.37. The van der Waals surface area contributed by atoms with Crippen LogP contribution in [-0.4, -0.2) is 54.0 Å². The molecule has 4 rings (SSSR count). The molecule has 2 unspecified atom stereocenters. The van der Waals surface area contributed by atoms with Crippen molar-refractivity contribution in [2.75, 3.05) is 19.9 Å². The molecule has 0 aromatic heterocycles. The molecule has 7 heteroatoms. The number of hydrazine groups is 1. The molecule has 4 atom stereocenters. The Kier molecular flexibility index (Phi) is 4.77. The van der Waals surface area contributed by atoms with Gasteiger partial charge in [0.25, 0.3) is 0 Å². The maximum absolute atomic E-state index is 12.8. The number of amides is 1. The van der Waals surface area contributed by atoms with Crippen LogP contribution in [0.3, 0.4) is 0 Å². The summed E-state index contributed by atoms with van der Waals surface area (Å²) in [5.74, 6) is 2.03. The normalized spacial score (nSPS) is 30.8. The Bertz CT molecular complexity index is 681. The number of hydrogen-bond donors (Lipinski definition) is 3.